The fourth-order valence-corrected chi connectivity index (χ4v) is 6.34. The Balaban J connectivity index is 0.000000638. The van der Waals surface area contributed by atoms with Gasteiger partial charge < -0.3 is 37.3 Å². The molecule has 5 rings (SSSR count). The Morgan fingerprint density at radius 2 is 1.42 bits per heavy atom. The number of nitrogens with zero attached hydrogens (tertiary/aromatic N) is 2. The number of benzene rings is 3. The van der Waals surface area contributed by atoms with Crippen molar-refractivity contribution in [3.05, 3.63) is 131 Å². The molecule has 1 fully saturated rings. The van der Waals surface area contributed by atoms with Gasteiger partial charge in [0.25, 0.3) is 0 Å². The van der Waals surface area contributed by atoms with Crippen LogP contribution in [0.2, 0.25) is 0 Å². The van der Waals surface area contributed by atoms with Crippen LogP contribution in [0.1, 0.15) is 70.0 Å². The van der Waals surface area contributed by atoms with E-state index in [1.54, 1.807) is 0 Å². The van der Waals surface area contributed by atoms with E-state index in [2.05, 4.69) is 78.8 Å². The fraction of sp³-hybridized carbons (Fsp3) is 0.432. The summed E-state index contributed by atoms with van der Waals surface area (Å²) in [6, 6.07) is 27.2. The number of imidazole rings is 1. The number of carbonyl (C=O) groups is 2. The van der Waals surface area contributed by atoms with E-state index >= 15 is 0 Å². The van der Waals surface area contributed by atoms with E-state index in [0.717, 1.165) is 67.0 Å². The van der Waals surface area contributed by atoms with E-state index in [9.17, 15) is 14.4 Å². The number of piperidine rings is 1. The average Bonchev–Trinajstić information content (AvgIpc) is 3.52. The average molecular weight is 753 g/mol. The maximum Gasteiger partial charge on any atom is 0.326 e. The third kappa shape index (κ3) is 15.3. The van der Waals surface area contributed by atoms with Crippen LogP contribution in [0.25, 0.3) is 11.0 Å². The van der Waals surface area contributed by atoms with E-state index < -0.39 is 6.04 Å². The summed E-state index contributed by atoms with van der Waals surface area (Å²) in [7, 11) is 0. The summed E-state index contributed by atoms with van der Waals surface area (Å²) in [5.74, 6) is 0.335. The Kier molecular flexibility index (Phi) is 19.0. The zero-order valence-electron chi connectivity index (χ0n) is 33.4. The van der Waals surface area contributed by atoms with Gasteiger partial charge in [-0.2, -0.15) is 0 Å². The maximum absolute atomic E-state index is 13.2. The highest BCUT2D eigenvalue weighted by Crippen LogP contribution is 2.27. The van der Waals surface area contributed by atoms with Crippen molar-refractivity contribution in [3.8, 4) is 0 Å². The fourth-order valence-electron chi connectivity index (χ4n) is 6.34. The van der Waals surface area contributed by atoms with Crippen molar-refractivity contribution >= 4 is 22.8 Å². The first-order chi connectivity index (χ1) is 26.4. The summed E-state index contributed by atoms with van der Waals surface area (Å²) in [6.45, 7) is 19.0. The molecule has 4 aromatic rings. The zero-order chi connectivity index (χ0) is 40.2. The minimum absolute atomic E-state index is 0.00512. The molecule has 2 amide bonds. The van der Waals surface area contributed by atoms with Crippen LogP contribution in [0.3, 0.4) is 0 Å². The van der Waals surface area contributed by atoms with Crippen molar-refractivity contribution in [1.82, 2.24) is 30.4 Å². The number of likely N-dealkylation sites (tertiary alicyclic amines) is 1. The molecule has 2 heterocycles. The van der Waals surface area contributed by atoms with Crippen LogP contribution < -0.4 is 33.1 Å². The topological polar surface area (TPSA) is 163 Å². The molecule has 3 aromatic carbocycles. The molecule has 1 aliphatic rings. The number of rotatable bonds is 16. The second-order valence-corrected chi connectivity index (χ2v) is 14.7. The first-order valence-electron chi connectivity index (χ1n) is 19.5. The number of carbonyl (C=O) groups excluding carboxylic acids is 2. The van der Waals surface area contributed by atoms with Crippen LogP contribution in [0.5, 0.6) is 0 Å². The molecule has 2 atom stereocenters. The molecule has 0 spiro atoms. The molecule has 0 radical (unpaired) electrons. The molecule has 0 bridgehead atoms. The van der Waals surface area contributed by atoms with E-state index in [1.807, 2.05) is 77.4 Å². The SMILES string of the molecule is C=C(NCC(=O)NC(CCCCN)C(=C)N1CCC(n2c(=O)[nH]c3ccccc32)CC1)C(Cc1ccccc1)NC(=O)CN.CC(C)C.Cc1ccccc1. The molecule has 298 valence electrons. The molecule has 1 aliphatic heterocycles. The second kappa shape index (κ2) is 23.6. The maximum atomic E-state index is 13.2. The lowest BCUT2D eigenvalue weighted by Crippen LogP contribution is -2.48. The summed E-state index contributed by atoms with van der Waals surface area (Å²) in [5.41, 5.74) is 16.7. The second-order valence-electron chi connectivity index (χ2n) is 14.7. The van der Waals surface area contributed by atoms with Gasteiger partial charge >= 0.3 is 5.69 Å². The molecular weight excluding hydrogens is 689 g/mol. The van der Waals surface area contributed by atoms with E-state index in [-0.39, 0.29) is 42.7 Å². The van der Waals surface area contributed by atoms with E-state index in [1.165, 1.54) is 5.56 Å². The number of fused-ring (bicyclic) bond motifs is 1. The number of aryl methyl sites for hydroxylation is 1. The van der Waals surface area contributed by atoms with E-state index in [4.69, 9.17) is 11.5 Å². The van der Waals surface area contributed by atoms with Crippen molar-refractivity contribution in [2.45, 2.75) is 84.3 Å². The van der Waals surface area contributed by atoms with Crippen LogP contribution in [0.4, 0.5) is 0 Å². The zero-order valence-corrected chi connectivity index (χ0v) is 33.4. The summed E-state index contributed by atoms with van der Waals surface area (Å²) < 4.78 is 1.87. The quantitative estimate of drug-likeness (QED) is 0.0819. The Morgan fingerprint density at radius 3 is 2.00 bits per heavy atom. The first-order valence-corrected chi connectivity index (χ1v) is 19.5. The standard InChI is InChI=1S/C33H46N8O3.C7H8.C4H10/c1-23(29(38-31(42)21-35)20-25-10-4-3-5-11-25)36-22-32(43)37-27(12-8-9-17-34)24(2)40-18-15-26(16-19-40)41-30-14-7-6-13-28(30)39-33(41)44;1-7-5-3-2-4-6-7;1-4(2)3/h3-7,10-11,13-14,26-27,29,36H,1-2,8-9,12,15-22,34-35H2,(H,37,43)(H,38,42)(H,39,44);2-6H,1H3;4H,1-3H3. The number of amides is 2. The van der Waals surface area contributed by atoms with E-state index in [0.29, 0.717) is 25.1 Å². The van der Waals surface area contributed by atoms with Crippen LogP contribution in [-0.2, 0) is 16.0 Å². The minimum atomic E-state index is -0.428. The molecule has 2 unspecified atom stereocenters. The van der Waals surface area contributed by atoms with Crippen LogP contribution in [-0.4, -0.2) is 71.1 Å². The lowest BCUT2D eigenvalue weighted by atomic mass is 10.00. The summed E-state index contributed by atoms with van der Waals surface area (Å²) in [5, 5.41) is 9.14. The molecular formula is C44H64N8O3. The van der Waals surface area contributed by atoms with Crippen LogP contribution >= 0.6 is 0 Å². The molecule has 11 nitrogen and oxygen atoms in total. The molecule has 0 aliphatic carbocycles. The Bertz CT molecular complexity index is 1810. The normalized spacial score (nSPS) is 13.8. The van der Waals surface area contributed by atoms with Crippen molar-refractivity contribution in [2.75, 3.05) is 32.7 Å². The highest BCUT2D eigenvalue weighted by molar-refractivity contribution is 5.80. The van der Waals surface area contributed by atoms with Gasteiger partial charge in [0.1, 0.15) is 0 Å². The third-order valence-corrected chi connectivity index (χ3v) is 9.18. The number of nitrogens with one attached hydrogen (secondary N) is 4. The third-order valence-electron chi connectivity index (χ3n) is 9.18. The molecule has 11 heteroatoms. The lowest BCUT2D eigenvalue weighted by molar-refractivity contribution is -0.121. The number of aromatic nitrogens is 2. The Labute approximate surface area is 327 Å². The number of para-hydroxylation sites is 2. The molecule has 55 heavy (non-hydrogen) atoms. The molecule has 0 saturated carbocycles. The van der Waals surface area contributed by atoms with Crippen molar-refractivity contribution < 1.29 is 9.59 Å². The largest absolute Gasteiger partial charge is 0.378 e. The van der Waals surface area contributed by atoms with Gasteiger partial charge in [0.05, 0.1) is 36.2 Å². The molecule has 1 aromatic heterocycles. The van der Waals surface area contributed by atoms with Gasteiger partial charge in [-0.25, -0.2) is 4.79 Å². The van der Waals surface area contributed by atoms with Crippen LogP contribution in [0, 0.1) is 12.8 Å². The number of aromatic amines is 1. The highest BCUT2D eigenvalue weighted by atomic mass is 16.2. The lowest BCUT2D eigenvalue weighted by Gasteiger charge is -2.38. The number of hydrogen-bond donors (Lipinski definition) is 6. The predicted octanol–water partition coefficient (Wildman–Crippen LogP) is 5.54. The number of H-pyrrole nitrogens is 1. The minimum Gasteiger partial charge on any atom is -0.378 e. The predicted molar refractivity (Wildman–Crippen MR) is 226 cm³/mol. The molecule has 8 N–H and O–H groups in total. The van der Waals surface area contributed by atoms with Gasteiger partial charge in [-0.15, -0.1) is 0 Å². The van der Waals surface area contributed by atoms with Gasteiger partial charge in [0.2, 0.25) is 11.8 Å². The van der Waals surface area contributed by atoms with Gasteiger partial charge in [0, 0.05) is 30.5 Å². The number of unbranched alkanes of at least 4 members (excludes halogenated alkanes) is 1. The number of hydrogen-bond acceptors (Lipinski definition) is 7. The Morgan fingerprint density at radius 1 is 0.836 bits per heavy atom. The van der Waals surface area contributed by atoms with Crippen molar-refractivity contribution in [3.63, 3.8) is 0 Å². The van der Waals surface area contributed by atoms with Crippen LogP contribution in [0.15, 0.2) is 114 Å². The van der Waals surface area contributed by atoms with Gasteiger partial charge in [0.15, 0.2) is 0 Å². The van der Waals surface area contributed by atoms with Crippen molar-refractivity contribution in [2.24, 2.45) is 17.4 Å². The highest BCUT2D eigenvalue weighted by Gasteiger charge is 2.27. The molecule has 1 saturated heterocycles. The summed E-state index contributed by atoms with van der Waals surface area (Å²) in [4.78, 5) is 43.1. The monoisotopic (exact) mass is 753 g/mol. The summed E-state index contributed by atoms with van der Waals surface area (Å²) >= 11 is 0. The Hall–Kier alpha value is -5.13. The van der Waals surface area contributed by atoms with Gasteiger partial charge in [-0.05, 0) is 75.6 Å². The van der Waals surface area contributed by atoms with Crippen molar-refractivity contribution in [1.29, 1.82) is 0 Å². The van der Waals surface area contributed by atoms with Gasteiger partial charge in [-0.1, -0.05) is 112 Å². The first kappa shape index (κ1) is 44.3. The van der Waals surface area contributed by atoms with Gasteiger partial charge in [-0.3, -0.25) is 14.2 Å². The number of nitrogens with two attached hydrogens (primary N) is 2. The summed E-state index contributed by atoms with van der Waals surface area (Å²) in [6.07, 6.45) is 4.52. The smallest absolute Gasteiger partial charge is 0.326 e.